The van der Waals surface area contributed by atoms with Gasteiger partial charge in [-0.25, -0.2) is 4.57 Å². The number of phosphoric ester groups is 1. The van der Waals surface area contributed by atoms with Crippen LogP contribution in [0.25, 0.3) is 0 Å². The van der Waals surface area contributed by atoms with Gasteiger partial charge in [-0.15, -0.1) is 0 Å². The topological polar surface area (TPSA) is 134 Å². The zero-order chi connectivity index (χ0) is 43.2. The summed E-state index contributed by atoms with van der Waals surface area (Å²) in [7, 11) is -4.37. The van der Waals surface area contributed by atoms with Gasteiger partial charge in [0.2, 0.25) is 0 Å². The number of carbonyl (C=O) groups excluding carboxylic acids is 2. The van der Waals surface area contributed by atoms with Gasteiger partial charge in [-0.05, 0) is 12.8 Å². The predicted octanol–water partition coefficient (Wildman–Crippen LogP) is 15.2. The Morgan fingerprint density at radius 1 is 0.441 bits per heavy atom. The molecule has 0 aliphatic rings. The summed E-state index contributed by atoms with van der Waals surface area (Å²) in [6, 6.07) is 0. The molecule has 0 aromatic rings. The lowest BCUT2D eigenvalue weighted by Gasteiger charge is -2.19. The highest BCUT2D eigenvalue weighted by atomic mass is 31.2. The van der Waals surface area contributed by atoms with Gasteiger partial charge in [0.25, 0.3) is 0 Å². The Hall–Kier alpha value is -0.990. The van der Waals surface area contributed by atoms with E-state index in [2.05, 4.69) is 13.8 Å². The Kier molecular flexibility index (Phi) is 45.7. The van der Waals surface area contributed by atoms with Crippen molar-refractivity contribution in [3.8, 4) is 0 Å². The third kappa shape index (κ3) is 46.3. The highest BCUT2D eigenvalue weighted by Crippen LogP contribution is 2.43. The minimum atomic E-state index is -4.37. The van der Waals surface area contributed by atoms with E-state index >= 15 is 0 Å². The smallest absolute Gasteiger partial charge is 0.462 e. The van der Waals surface area contributed by atoms with Crippen molar-refractivity contribution in [2.75, 3.05) is 26.4 Å². The maximum atomic E-state index is 12.6. The number of carbonyl (C=O) groups is 2. The highest BCUT2D eigenvalue weighted by molar-refractivity contribution is 7.47. The molecule has 10 heteroatoms. The molecule has 0 bridgehead atoms. The van der Waals surface area contributed by atoms with E-state index in [-0.39, 0.29) is 38.6 Å². The van der Waals surface area contributed by atoms with Crippen molar-refractivity contribution < 1.29 is 37.6 Å². The van der Waals surface area contributed by atoms with E-state index in [9.17, 15) is 19.0 Å². The third-order valence-corrected chi connectivity index (χ3v) is 12.5. The lowest BCUT2D eigenvalue weighted by atomic mass is 10.0. The molecular formula is C49H98NO8P. The Bertz CT molecular complexity index is 938. The maximum absolute atomic E-state index is 12.6. The molecule has 0 amide bonds. The van der Waals surface area contributed by atoms with Gasteiger partial charge >= 0.3 is 19.8 Å². The van der Waals surface area contributed by atoms with E-state index in [0.29, 0.717) is 6.42 Å². The van der Waals surface area contributed by atoms with E-state index < -0.39 is 26.5 Å². The summed E-state index contributed by atoms with van der Waals surface area (Å²) in [5.41, 5.74) is 5.36. The average molecular weight is 860 g/mol. The van der Waals surface area contributed by atoms with E-state index in [1.165, 1.54) is 205 Å². The van der Waals surface area contributed by atoms with E-state index in [1.807, 2.05) is 0 Å². The van der Waals surface area contributed by atoms with Crippen LogP contribution in [0.5, 0.6) is 0 Å². The lowest BCUT2D eigenvalue weighted by Crippen LogP contribution is -2.29. The van der Waals surface area contributed by atoms with Crippen LogP contribution in [0.1, 0.15) is 271 Å². The first-order valence-electron chi connectivity index (χ1n) is 25.5. The number of nitrogens with two attached hydrogens (primary N) is 1. The molecule has 0 spiro atoms. The van der Waals surface area contributed by atoms with Gasteiger partial charge in [0.05, 0.1) is 13.2 Å². The predicted molar refractivity (Wildman–Crippen MR) is 248 cm³/mol. The number of ether oxygens (including phenoxy) is 2. The average Bonchev–Trinajstić information content (AvgIpc) is 3.22. The van der Waals surface area contributed by atoms with E-state index in [1.54, 1.807) is 0 Å². The van der Waals surface area contributed by atoms with Crippen molar-refractivity contribution in [3.63, 3.8) is 0 Å². The Balaban J connectivity index is 3.93. The standard InChI is InChI=1S/C49H98NO8P/c1-3-5-7-9-11-13-15-17-18-19-20-21-22-23-24-25-26-27-28-30-32-34-36-38-40-42-49(52)58-47(46-57-59(53,54)56-44-43-50)45-55-48(51)41-39-37-35-33-31-29-16-14-12-10-8-6-4-2/h47H,3-46,50H2,1-2H3,(H,53,54). The SMILES string of the molecule is CCCCCCCCCCCCCCCCCCCCCCCCCCCC(=O)OC(COC(=O)CCCCCCCCCCCCCCC)COP(=O)(O)OCCN. The molecule has 2 atom stereocenters. The summed E-state index contributed by atoms with van der Waals surface area (Å²) >= 11 is 0. The largest absolute Gasteiger partial charge is 0.472 e. The summed E-state index contributed by atoms with van der Waals surface area (Å²) in [5, 5.41) is 0. The molecule has 3 N–H and O–H groups in total. The minimum Gasteiger partial charge on any atom is -0.462 e. The van der Waals surface area contributed by atoms with Crippen molar-refractivity contribution >= 4 is 19.8 Å². The number of esters is 2. The van der Waals surface area contributed by atoms with E-state index in [0.717, 1.165) is 32.1 Å². The van der Waals surface area contributed by atoms with Crippen LogP contribution in [0.3, 0.4) is 0 Å². The quantitative estimate of drug-likeness (QED) is 0.0348. The molecular weight excluding hydrogens is 762 g/mol. The molecule has 352 valence electrons. The number of hydrogen-bond acceptors (Lipinski definition) is 8. The zero-order valence-electron chi connectivity index (χ0n) is 39.0. The van der Waals surface area contributed by atoms with Crippen LogP contribution in [0.2, 0.25) is 0 Å². The monoisotopic (exact) mass is 860 g/mol. The van der Waals surface area contributed by atoms with Crippen molar-refractivity contribution in [2.45, 2.75) is 277 Å². The number of hydrogen-bond donors (Lipinski definition) is 2. The van der Waals surface area contributed by atoms with E-state index in [4.69, 9.17) is 24.3 Å². The van der Waals surface area contributed by atoms with Crippen LogP contribution in [-0.2, 0) is 32.7 Å². The number of rotatable bonds is 49. The fraction of sp³-hybridized carbons (Fsp3) is 0.959. The first kappa shape index (κ1) is 58.0. The second kappa shape index (κ2) is 46.5. The Labute approximate surface area is 365 Å². The molecule has 0 rings (SSSR count). The molecule has 0 heterocycles. The molecule has 0 radical (unpaired) electrons. The third-order valence-electron chi connectivity index (χ3n) is 11.5. The molecule has 0 fully saturated rings. The molecule has 2 unspecified atom stereocenters. The normalized spacial score (nSPS) is 13.1. The van der Waals surface area contributed by atoms with Crippen LogP contribution in [0.15, 0.2) is 0 Å². The van der Waals surface area contributed by atoms with Gasteiger partial charge in [0, 0.05) is 19.4 Å². The Morgan fingerprint density at radius 3 is 1.03 bits per heavy atom. The molecule has 0 aromatic heterocycles. The minimum absolute atomic E-state index is 0.0583. The van der Waals surface area contributed by atoms with Gasteiger partial charge in [0.1, 0.15) is 6.61 Å². The summed E-state index contributed by atoms with van der Waals surface area (Å²) in [6.45, 7) is 3.79. The van der Waals surface area contributed by atoms with Crippen LogP contribution < -0.4 is 5.73 Å². The number of phosphoric acid groups is 1. The van der Waals surface area contributed by atoms with Gasteiger partial charge in [-0.1, -0.05) is 245 Å². The Morgan fingerprint density at radius 2 is 0.729 bits per heavy atom. The molecule has 59 heavy (non-hydrogen) atoms. The number of unbranched alkanes of at least 4 members (excludes halogenated alkanes) is 36. The van der Waals surface area contributed by atoms with Gasteiger partial charge in [0.15, 0.2) is 6.10 Å². The van der Waals surface area contributed by atoms with Crippen LogP contribution in [-0.4, -0.2) is 49.3 Å². The van der Waals surface area contributed by atoms with Crippen molar-refractivity contribution in [2.24, 2.45) is 5.73 Å². The van der Waals surface area contributed by atoms with Crippen LogP contribution >= 0.6 is 7.82 Å². The van der Waals surface area contributed by atoms with Gasteiger partial charge in [-0.3, -0.25) is 18.6 Å². The first-order chi connectivity index (χ1) is 28.8. The second-order valence-corrected chi connectivity index (χ2v) is 18.9. The summed E-state index contributed by atoms with van der Waals surface area (Å²) in [4.78, 5) is 35.0. The molecule has 0 aromatic carbocycles. The van der Waals surface area contributed by atoms with Crippen LogP contribution in [0, 0.1) is 0 Å². The van der Waals surface area contributed by atoms with Gasteiger partial charge < -0.3 is 20.1 Å². The van der Waals surface area contributed by atoms with Crippen molar-refractivity contribution in [1.29, 1.82) is 0 Å². The molecule has 0 aliphatic heterocycles. The molecule has 0 aliphatic carbocycles. The van der Waals surface area contributed by atoms with Crippen molar-refractivity contribution in [1.82, 2.24) is 0 Å². The maximum Gasteiger partial charge on any atom is 0.472 e. The summed E-state index contributed by atoms with van der Waals surface area (Å²) in [5.74, 6) is -0.809. The molecule has 0 saturated heterocycles. The summed E-state index contributed by atoms with van der Waals surface area (Å²) < 4.78 is 32.9. The van der Waals surface area contributed by atoms with Gasteiger partial charge in [-0.2, -0.15) is 0 Å². The first-order valence-corrected chi connectivity index (χ1v) is 27.0. The lowest BCUT2D eigenvalue weighted by molar-refractivity contribution is -0.161. The second-order valence-electron chi connectivity index (χ2n) is 17.4. The molecule has 0 saturated carbocycles. The zero-order valence-corrected chi connectivity index (χ0v) is 39.9. The fourth-order valence-corrected chi connectivity index (χ4v) is 8.46. The summed E-state index contributed by atoms with van der Waals surface area (Å²) in [6.07, 6.45) is 48.6. The fourth-order valence-electron chi connectivity index (χ4n) is 7.70. The highest BCUT2D eigenvalue weighted by Gasteiger charge is 2.26. The molecule has 9 nitrogen and oxygen atoms in total. The van der Waals surface area contributed by atoms with Crippen LogP contribution in [0.4, 0.5) is 0 Å². The van der Waals surface area contributed by atoms with Crippen molar-refractivity contribution in [3.05, 3.63) is 0 Å².